The van der Waals surface area contributed by atoms with E-state index in [4.69, 9.17) is 9.47 Å². The Hall–Kier alpha value is -3.41. The summed E-state index contributed by atoms with van der Waals surface area (Å²) in [5, 5.41) is 0. The molecule has 0 unspecified atom stereocenters. The molecule has 0 amide bonds. The summed E-state index contributed by atoms with van der Waals surface area (Å²) < 4.78 is 12.2. The van der Waals surface area contributed by atoms with Crippen LogP contribution in [0.15, 0.2) is 60.9 Å². The van der Waals surface area contributed by atoms with Crippen molar-refractivity contribution >= 4 is 11.6 Å². The van der Waals surface area contributed by atoms with Gasteiger partial charge in [-0.25, -0.2) is 4.98 Å². The van der Waals surface area contributed by atoms with Crippen LogP contribution in [-0.4, -0.2) is 35.3 Å². The molecule has 0 bridgehead atoms. The maximum Gasteiger partial charge on any atom is 0.198 e. The van der Waals surface area contributed by atoms with Crippen LogP contribution in [0.25, 0.3) is 0 Å². The molecule has 0 saturated heterocycles. The highest BCUT2D eigenvalue weighted by Crippen LogP contribution is 2.31. The zero-order valence-corrected chi connectivity index (χ0v) is 16.8. The molecule has 0 spiro atoms. The molecule has 29 heavy (non-hydrogen) atoms. The second-order valence-electron chi connectivity index (χ2n) is 6.79. The number of ketones is 2. The number of Topliss-reactive ketones (excluding diaryl/α,β-unsaturated/α-hetero) is 2. The number of aromatic nitrogens is 2. The largest absolute Gasteiger partial charge is 0.493 e. The zero-order chi connectivity index (χ0) is 20.8. The fourth-order valence-corrected chi connectivity index (χ4v) is 3.33. The minimum atomic E-state index is -0.249. The third-order valence-corrected chi connectivity index (χ3v) is 4.91. The maximum absolute atomic E-state index is 13.0. The van der Waals surface area contributed by atoms with E-state index in [0.29, 0.717) is 22.9 Å². The van der Waals surface area contributed by atoms with Gasteiger partial charge in [-0.2, -0.15) is 0 Å². The number of carbonyl (C=O) groups excluding carboxylic acids is 2. The summed E-state index contributed by atoms with van der Waals surface area (Å²) in [6.07, 6.45) is 3.74. The fourth-order valence-electron chi connectivity index (χ4n) is 3.33. The second kappa shape index (κ2) is 9.19. The van der Waals surface area contributed by atoms with Crippen molar-refractivity contribution in [3.05, 3.63) is 77.9 Å². The van der Waals surface area contributed by atoms with Crippen molar-refractivity contribution in [3.63, 3.8) is 0 Å². The average Bonchev–Trinajstić information content (AvgIpc) is 3.19. The van der Waals surface area contributed by atoms with E-state index in [-0.39, 0.29) is 30.3 Å². The van der Waals surface area contributed by atoms with Crippen LogP contribution >= 0.6 is 0 Å². The minimum absolute atomic E-state index is 0.0625. The number of hydrogen-bond acceptors (Lipinski definition) is 5. The van der Waals surface area contributed by atoms with E-state index in [0.717, 1.165) is 5.56 Å². The highest BCUT2D eigenvalue weighted by molar-refractivity contribution is 5.98. The molecule has 0 aliphatic rings. The Morgan fingerprint density at radius 1 is 0.966 bits per heavy atom. The lowest BCUT2D eigenvalue weighted by molar-refractivity contribution is 0.0936. The number of imidazole rings is 1. The molecule has 1 aromatic heterocycles. The van der Waals surface area contributed by atoms with Gasteiger partial charge in [0.2, 0.25) is 0 Å². The molecule has 1 atom stereocenters. The Kier molecular flexibility index (Phi) is 6.44. The van der Waals surface area contributed by atoms with Crippen molar-refractivity contribution in [1.29, 1.82) is 0 Å². The molecule has 3 rings (SSSR count). The van der Waals surface area contributed by atoms with Crippen molar-refractivity contribution in [2.75, 3.05) is 14.2 Å². The van der Waals surface area contributed by atoms with Crippen LogP contribution in [-0.2, 0) is 7.05 Å². The summed E-state index contributed by atoms with van der Waals surface area (Å²) in [6, 6.07) is 14.7. The smallest absolute Gasteiger partial charge is 0.198 e. The number of nitrogens with zero attached hydrogens (tertiary/aromatic N) is 2. The topological polar surface area (TPSA) is 70.4 Å². The van der Waals surface area contributed by atoms with Crippen LogP contribution in [0.1, 0.15) is 45.3 Å². The Bertz CT molecular complexity index is 995. The number of aryl methyl sites for hydroxylation is 1. The van der Waals surface area contributed by atoms with Gasteiger partial charge in [-0.1, -0.05) is 30.3 Å². The van der Waals surface area contributed by atoms with Gasteiger partial charge in [0, 0.05) is 37.8 Å². The van der Waals surface area contributed by atoms with Gasteiger partial charge in [0.05, 0.1) is 14.2 Å². The summed E-state index contributed by atoms with van der Waals surface area (Å²) in [5.74, 6) is 1.05. The lowest BCUT2D eigenvalue weighted by Gasteiger charge is -2.17. The average molecular weight is 392 g/mol. The molecule has 1 heterocycles. The quantitative estimate of drug-likeness (QED) is 0.514. The van der Waals surface area contributed by atoms with Crippen molar-refractivity contribution in [2.45, 2.75) is 18.8 Å². The van der Waals surface area contributed by atoms with Crippen LogP contribution in [0.3, 0.4) is 0 Å². The van der Waals surface area contributed by atoms with E-state index in [9.17, 15) is 9.59 Å². The number of rotatable bonds is 9. The standard InChI is InChI=1S/C23H24N2O4/c1-25-12-11-24-23(25)20(27)14-18(16-7-5-4-6-8-16)13-19(26)17-9-10-21(28-2)22(15-17)29-3/h4-12,15,18H,13-14H2,1-3H3/t18-/m1/s1. The van der Waals surface area contributed by atoms with Gasteiger partial charge >= 0.3 is 0 Å². The Balaban J connectivity index is 1.84. The molecule has 0 fully saturated rings. The Morgan fingerprint density at radius 2 is 1.66 bits per heavy atom. The summed E-state index contributed by atoms with van der Waals surface area (Å²) in [7, 11) is 4.87. The van der Waals surface area contributed by atoms with Gasteiger partial charge < -0.3 is 14.0 Å². The molecule has 0 radical (unpaired) electrons. The Morgan fingerprint density at radius 3 is 2.28 bits per heavy atom. The third kappa shape index (κ3) is 4.71. The summed E-state index contributed by atoms with van der Waals surface area (Å²) in [4.78, 5) is 29.9. The lowest BCUT2D eigenvalue weighted by Crippen LogP contribution is -2.15. The number of methoxy groups -OCH3 is 2. The maximum atomic E-state index is 13.0. The second-order valence-corrected chi connectivity index (χ2v) is 6.79. The molecule has 0 aliphatic heterocycles. The predicted octanol–water partition coefficient (Wildman–Crippen LogP) is 4.07. The molecule has 0 aliphatic carbocycles. The fraction of sp³-hybridized carbons (Fsp3) is 0.261. The van der Waals surface area contributed by atoms with E-state index in [1.54, 1.807) is 49.3 Å². The van der Waals surface area contributed by atoms with Gasteiger partial charge in [0.25, 0.3) is 0 Å². The molecular weight excluding hydrogens is 368 g/mol. The van der Waals surface area contributed by atoms with Gasteiger partial charge in [0.15, 0.2) is 28.9 Å². The van der Waals surface area contributed by atoms with E-state index in [1.807, 2.05) is 30.3 Å². The van der Waals surface area contributed by atoms with E-state index >= 15 is 0 Å². The van der Waals surface area contributed by atoms with Crippen LogP contribution in [0.4, 0.5) is 0 Å². The molecule has 3 aromatic rings. The van der Waals surface area contributed by atoms with Gasteiger partial charge in [-0.15, -0.1) is 0 Å². The molecule has 0 saturated carbocycles. The normalized spacial score (nSPS) is 11.7. The highest BCUT2D eigenvalue weighted by Gasteiger charge is 2.23. The van der Waals surface area contributed by atoms with E-state index < -0.39 is 0 Å². The van der Waals surface area contributed by atoms with Crippen molar-refractivity contribution in [2.24, 2.45) is 7.05 Å². The van der Waals surface area contributed by atoms with Crippen LogP contribution in [0.2, 0.25) is 0 Å². The molecule has 0 N–H and O–H groups in total. The van der Waals surface area contributed by atoms with Gasteiger partial charge in [-0.3, -0.25) is 9.59 Å². The van der Waals surface area contributed by atoms with E-state index in [2.05, 4.69) is 4.98 Å². The first-order valence-electron chi connectivity index (χ1n) is 9.34. The molecule has 2 aromatic carbocycles. The highest BCUT2D eigenvalue weighted by atomic mass is 16.5. The number of benzene rings is 2. The molecule has 6 heteroatoms. The van der Waals surface area contributed by atoms with Gasteiger partial charge in [-0.05, 0) is 29.7 Å². The first-order valence-corrected chi connectivity index (χ1v) is 9.34. The van der Waals surface area contributed by atoms with Crippen molar-refractivity contribution in [1.82, 2.24) is 9.55 Å². The minimum Gasteiger partial charge on any atom is -0.493 e. The van der Waals surface area contributed by atoms with Crippen LogP contribution in [0, 0.1) is 0 Å². The van der Waals surface area contributed by atoms with Crippen LogP contribution in [0.5, 0.6) is 11.5 Å². The van der Waals surface area contributed by atoms with E-state index in [1.165, 1.54) is 7.11 Å². The molecular formula is C23H24N2O4. The summed E-state index contributed by atoms with van der Waals surface area (Å²) in [5.41, 5.74) is 1.47. The number of carbonyl (C=O) groups is 2. The monoisotopic (exact) mass is 392 g/mol. The third-order valence-electron chi connectivity index (χ3n) is 4.91. The summed E-state index contributed by atoms with van der Waals surface area (Å²) in [6.45, 7) is 0. The number of hydrogen-bond donors (Lipinski definition) is 0. The predicted molar refractivity (Wildman–Crippen MR) is 110 cm³/mol. The van der Waals surface area contributed by atoms with Crippen LogP contribution < -0.4 is 9.47 Å². The van der Waals surface area contributed by atoms with Crippen molar-refractivity contribution in [3.8, 4) is 11.5 Å². The first-order chi connectivity index (χ1) is 14.0. The summed E-state index contributed by atoms with van der Waals surface area (Å²) >= 11 is 0. The molecule has 6 nitrogen and oxygen atoms in total. The first kappa shape index (κ1) is 20.3. The number of ether oxygens (including phenoxy) is 2. The van der Waals surface area contributed by atoms with Crippen molar-refractivity contribution < 1.29 is 19.1 Å². The Labute approximate surface area is 170 Å². The molecule has 150 valence electrons. The lowest BCUT2D eigenvalue weighted by atomic mass is 9.87. The van der Waals surface area contributed by atoms with Gasteiger partial charge in [0.1, 0.15) is 0 Å². The zero-order valence-electron chi connectivity index (χ0n) is 16.8. The SMILES string of the molecule is COc1ccc(C(=O)C[C@H](CC(=O)c2nccn2C)c2ccccc2)cc1OC.